The van der Waals surface area contributed by atoms with Crippen LogP contribution in [0.3, 0.4) is 0 Å². The quantitative estimate of drug-likeness (QED) is 0.901. The second-order valence-corrected chi connectivity index (χ2v) is 8.33. The zero-order valence-corrected chi connectivity index (χ0v) is 15.3. The van der Waals surface area contributed by atoms with Crippen molar-refractivity contribution in [1.29, 1.82) is 0 Å². The van der Waals surface area contributed by atoms with Crippen LogP contribution in [0.1, 0.15) is 16.8 Å². The van der Waals surface area contributed by atoms with E-state index >= 15 is 0 Å². The van der Waals surface area contributed by atoms with E-state index in [9.17, 15) is 13.2 Å². The lowest BCUT2D eigenvalue weighted by molar-refractivity contribution is -0.131. The fourth-order valence-electron chi connectivity index (χ4n) is 3.16. The maximum atomic E-state index is 12.9. The molecule has 6 nitrogen and oxygen atoms in total. The Bertz CT molecular complexity index is 852. The smallest absolute Gasteiger partial charge is 0.243 e. The molecular weight excluding hydrogens is 338 g/mol. The van der Waals surface area contributed by atoms with E-state index in [4.69, 9.17) is 0 Å². The van der Waals surface area contributed by atoms with Crippen LogP contribution in [0.2, 0.25) is 0 Å². The lowest BCUT2D eigenvalue weighted by Crippen LogP contribution is -2.51. The molecule has 0 spiro atoms. The summed E-state index contributed by atoms with van der Waals surface area (Å²) < 4.78 is 27.2. The molecule has 1 aromatic heterocycles. The minimum Gasteiger partial charge on any atom is -0.365 e. The molecule has 1 N–H and O–H groups in total. The molecule has 2 aromatic rings. The third kappa shape index (κ3) is 3.77. The van der Waals surface area contributed by atoms with Gasteiger partial charge in [-0.2, -0.15) is 4.31 Å². The second-order valence-electron chi connectivity index (χ2n) is 6.43. The summed E-state index contributed by atoms with van der Waals surface area (Å²) in [4.78, 5) is 17.4. The van der Waals surface area contributed by atoms with Crippen LogP contribution in [0, 0.1) is 13.8 Å². The monoisotopic (exact) mass is 361 g/mol. The number of piperazine rings is 1. The maximum absolute atomic E-state index is 12.9. The zero-order chi connectivity index (χ0) is 18.0. The molecular formula is C18H23N3O3S. The van der Waals surface area contributed by atoms with Gasteiger partial charge < -0.3 is 9.88 Å². The molecule has 0 unspecified atom stereocenters. The first kappa shape index (κ1) is 17.7. The van der Waals surface area contributed by atoms with Gasteiger partial charge in [0.2, 0.25) is 15.9 Å². The minimum absolute atomic E-state index is 0.0195. The highest BCUT2D eigenvalue weighted by atomic mass is 32.2. The number of aryl methyl sites for hydroxylation is 2. The van der Waals surface area contributed by atoms with Crippen molar-refractivity contribution in [3.63, 3.8) is 0 Å². The van der Waals surface area contributed by atoms with Gasteiger partial charge in [0.05, 0.1) is 11.3 Å². The highest BCUT2D eigenvalue weighted by Gasteiger charge is 2.30. The lowest BCUT2D eigenvalue weighted by atomic mass is 10.2. The largest absolute Gasteiger partial charge is 0.365 e. The molecule has 0 radical (unpaired) electrons. The molecule has 2 heterocycles. The summed E-state index contributed by atoms with van der Waals surface area (Å²) in [6.45, 7) is 5.25. The average molecular weight is 361 g/mol. The molecule has 7 heteroatoms. The van der Waals surface area contributed by atoms with Crippen LogP contribution in [0.25, 0.3) is 0 Å². The van der Waals surface area contributed by atoms with Crippen molar-refractivity contribution in [2.75, 3.05) is 26.2 Å². The fraction of sp³-hybridized carbons (Fsp3) is 0.389. The van der Waals surface area contributed by atoms with Crippen LogP contribution >= 0.6 is 0 Å². The summed E-state index contributed by atoms with van der Waals surface area (Å²) in [6, 6.07) is 9.09. The summed E-state index contributed by atoms with van der Waals surface area (Å²) in [6.07, 6.45) is 2.11. The number of aromatic amines is 1. The Morgan fingerprint density at radius 3 is 2.44 bits per heavy atom. The predicted molar refractivity (Wildman–Crippen MR) is 95.8 cm³/mol. The Morgan fingerprint density at radius 2 is 1.84 bits per heavy atom. The van der Waals surface area contributed by atoms with Crippen molar-refractivity contribution < 1.29 is 13.2 Å². The van der Waals surface area contributed by atoms with Crippen LogP contribution in [-0.4, -0.2) is 54.7 Å². The SMILES string of the molecule is Cc1ccc(S(=O)(=O)N2CCN(C(=O)Cc3ccc[nH]3)CC2)c(C)c1. The highest BCUT2D eigenvalue weighted by Crippen LogP contribution is 2.22. The van der Waals surface area contributed by atoms with E-state index in [0.717, 1.165) is 16.8 Å². The van der Waals surface area contributed by atoms with Crippen molar-refractivity contribution in [3.8, 4) is 0 Å². The molecule has 1 saturated heterocycles. The summed E-state index contributed by atoms with van der Waals surface area (Å²) in [5.74, 6) is 0.0195. The minimum atomic E-state index is -3.52. The van der Waals surface area contributed by atoms with Crippen molar-refractivity contribution in [2.45, 2.75) is 25.2 Å². The first-order chi connectivity index (χ1) is 11.9. The topological polar surface area (TPSA) is 73.5 Å². The Kier molecular flexibility index (Phi) is 4.96. The van der Waals surface area contributed by atoms with Crippen molar-refractivity contribution in [1.82, 2.24) is 14.2 Å². The molecule has 134 valence electrons. The van der Waals surface area contributed by atoms with Gasteiger partial charge in [-0.15, -0.1) is 0 Å². The summed E-state index contributed by atoms with van der Waals surface area (Å²) in [5.41, 5.74) is 2.66. The van der Waals surface area contributed by atoms with Gasteiger partial charge in [0.25, 0.3) is 0 Å². The van der Waals surface area contributed by atoms with Crippen LogP contribution in [0.5, 0.6) is 0 Å². The molecule has 3 rings (SSSR count). The number of rotatable bonds is 4. The molecule has 1 aliphatic heterocycles. The van der Waals surface area contributed by atoms with Gasteiger partial charge in [0, 0.05) is 38.1 Å². The van der Waals surface area contributed by atoms with Crippen molar-refractivity contribution in [2.24, 2.45) is 0 Å². The number of carbonyl (C=O) groups excluding carboxylic acids is 1. The predicted octanol–water partition coefficient (Wildman–Crippen LogP) is 1.71. The summed E-state index contributed by atoms with van der Waals surface area (Å²) in [7, 11) is -3.52. The molecule has 0 saturated carbocycles. The number of amides is 1. The van der Waals surface area contributed by atoms with Crippen LogP contribution in [-0.2, 0) is 21.2 Å². The molecule has 1 aliphatic rings. The first-order valence-electron chi connectivity index (χ1n) is 8.35. The Morgan fingerprint density at radius 1 is 1.12 bits per heavy atom. The van der Waals surface area contributed by atoms with E-state index in [0.29, 0.717) is 37.5 Å². The highest BCUT2D eigenvalue weighted by molar-refractivity contribution is 7.89. The Labute approximate surface area is 148 Å². The van der Waals surface area contributed by atoms with E-state index < -0.39 is 10.0 Å². The maximum Gasteiger partial charge on any atom is 0.243 e. The van der Waals surface area contributed by atoms with Gasteiger partial charge in [-0.3, -0.25) is 4.79 Å². The van der Waals surface area contributed by atoms with E-state index in [1.807, 2.05) is 38.1 Å². The molecule has 1 fully saturated rings. The lowest BCUT2D eigenvalue weighted by Gasteiger charge is -2.34. The number of nitrogens with zero attached hydrogens (tertiary/aromatic N) is 2. The zero-order valence-electron chi connectivity index (χ0n) is 14.5. The summed E-state index contributed by atoms with van der Waals surface area (Å²) >= 11 is 0. The number of hydrogen-bond donors (Lipinski definition) is 1. The molecule has 1 aromatic carbocycles. The van der Waals surface area contributed by atoms with Crippen molar-refractivity contribution in [3.05, 3.63) is 53.3 Å². The second kappa shape index (κ2) is 7.01. The third-order valence-corrected chi connectivity index (χ3v) is 6.60. The molecule has 0 bridgehead atoms. The van der Waals surface area contributed by atoms with Gasteiger partial charge >= 0.3 is 0 Å². The van der Waals surface area contributed by atoms with E-state index in [1.165, 1.54) is 4.31 Å². The number of nitrogens with one attached hydrogen (secondary N) is 1. The third-order valence-electron chi connectivity index (χ3n) is 4.54. The van der Waals surface area contributed by atoms with Gasteiger partial charge in [-0.05, 0) is 37.6 Å². The standard InChI is InChI=1S/C18H23N3O3S/c1-14-5-6-17(15(2)12-14)25(23,24)21-10-8-20(9-11-21)18(22)13-16-4-3-7-19-16/h3-7,12,19H,8-11,13H2,1-2H3. The Balaban J connectivity index is 1.66. The first-order valence-corrected chi connectivity index (χ1v) is 9.79. The molecule has 0 aliphatic carbocycles. The summed E-state index contributed by atoms with van der Waals surface area (Å²) in [5, 5.41) is 0. The number of sulfonamides is 1. The van der Waals surface area contributed by atoms with Gasteiger partial charge in [-0.25, -0.2) is 8.42 Å². The van der Waals surface area contributed by atoms with Gasteiger partial charge in [0.1, 0.15) is 0 Å². The van der Waals surface area contributed by atoms with Crippen LogP contribution in [0.4, 0.5) is 0 Å². The number of carbonyl (C=O) groups is 1. The van der Waals surface area contributed by atoms with E-state index in [2.05, 4.69) is 4.98 Å². The van der Waals surface area contributed by atoms with Crippen LogP contribution in [0.15, 0.2) is 41.4 Å². The van der Waals surface area contributed by atoms with Gasteiger partial charge in [0.15, 0.2) is 0 Å². The molecule has 25 heavy (non-hydrogen) atoms. The Hall–Kier alpha value is -2.12. The van der Waals surface area contributed by atoms with E-state index in [1.54, 1.807) is 17.2 Å². The normalized spacial score (nSPS) is 16.2. The number of benzene rings is 1. The molecule has 1 amide bonds. The average Bonchev–Trinajstić information content (AvgIpc) is 3.07. The van der Waals surface area contributed by atoms with Gasteiger partial charge in [-0.1, -0.05) is 17.7 Å². The number of H-pyrrole nitrogens is 1. The van der Waals surface area contributed by atoms with E-state index in [-0.39, 0.29) is 5.91 Å². The fourth-order valence-corrected chi connectivity index (χ4v) is 4.79. The van der Waals surface area contributed by atoms with Crippen LogP contribution < -0.4 is 0 Å². The van der Waals surface area contributed by atoms with Crippen molar-refractivity contribution >= 4 is 15.9 Å². The number of hydrogen-bond acceptors (Lipinski definition) is 3. The molecule has 0 atom stereocenters. The number of aromatic nitrogens is 1.